The first kappa shape index (κ1) is 14.6. The van der Waals surface area contributed by atoms with Crippen LogP contribution in [0.3, 0.4) is 0 Å². The van der Waals surface area contributed by atoms with Crippen LogP contribution in [0.25, 0.3) is 0 Å². The Bertz CT molecular complexity index is 535. The summed E-state index contributed by atoms with van der Waals surface area (Å²) >= 11 is 5.73. The van der Waals surface area contributed by atoms with E-state index in [9.17, 15) is 13.2 Å². The van der Waals surface area contributed by atoms with Crippen LogP contribution < -0.4 is 9.64 Å². The Morgan fingerprint density at radius 1 is 1.33 bits per heavy atom. The molecule has 0 bridgehead atoms. The van der Waals surface area contributed by atoms with E-state index in [0.717, 1.165) is 0 Å². The quantitative estimate of drug-likeness (QED) is 0.743. The number of ether oxygens (including phenoxy) is 2. The van der Waals surface area contributed by atoms with Crippen LogP contribution in [-0.4, -0.2) is 48.0 Å². The Balaban J connectivity index is 2.03. The predicted molar refractivity (Wildman–Crippen MR) is 68.7 cm³/mol. The molecule has 1 fully saturated rings. The molecule has 3 rings (SSSR count). The second kappa shape index (κ2) is 5.17. The molecule has 0 saturated carbocycles. The van der Waals surface area contributed by atoms with Crippen molar-refractivity contribution in [2.45, 2.75) is 24.6 Å². The average molecular weight is 324 g/mol. The number of aromatic nitrogens is 2. The smallest absolute Gasteiger partial charge is 0.406 e. The van der Waals surface area contributed by atoms with Crippen LogP contribution in [0.4, 0.5) is 19.0 Å². The number of halogens is 4. The van der Waals surface area contributed by atoms with E-state index in [4.69, 9.17) is 21.1 Å². The zero-order valence-corrected chi connectivity index (χ0v) is 11.7. The predicted octanol–water partition coefficient (Wildman–Crippen LogP) is 2.44. The van der Waals surface area contributed by atoms with Crippen molar-refractivity contribution in [3.63, 3.8) is 0 Å². The second-order valence-corrected chi connectivity index (χ2v) is 5.49. The number of fused-ring (bicyclic) bond motifs is 1. The number of hydrogen-bond acceptors (Lipinski definition) is 5. The van der Waals surface area contributed by atoms with E-state index >= 15 is 0 Å². The summed E-state index contributed by atoms with van der Waals surface area (Å²) in [5.41, 5.74) is -0.765. The molecule has 1 spiro atoms. The highest BCUT2D eigenvalue weighted by molar-refractivity contribution is 6.28. The number of nitrogens with zero attached hydrogens (tertiary/aromatic N) is 3. The molecule has 0 radical (unpaired) electrons. The van der Waals surface area contributed by atoms with Crippen molar-refractivity contribution in [2.75, 3.05) is 31.3 Å². The monoisotopic (exact) mass is 323 g/mol. The maximum atomic E-state index is 13.0. The zero-order valence-electron chi connectivity index (χ0n) is 11.0. The molecule has 21 heavy (non-hydrogen) atoms. The van der Waals surface area contributed by atoms with Gasteiger partial charge in [0.2, 0.25) is 5.28 Å². The summed E-state index contributed by atoms with van der Waals surface area (Å²) in [4.78, 5) is 8.95. The van der Waals surface area contributed by atoms with Gasteiger partial charge in [-0.2, -0.15) is 18.2 Å². The molecular weight excluding hydrogens is 311 g/mol. The molecule has 1 saturated heterocycles. The van der Waals surface area contributed by atoms with Crippen LogP contribution in [0.15, 0.2) is 6.20 Å². The molecule has 116 valence electrons. The van der Waals surface area contributed by atoms with Gasteiger partial charge in [-0.1, -0.05) is 0 Å². The fourth-order valence-corrected chi connectivity index (χ4v) is 2.87. The topological polar surface area (TPSA) is 47.5 Å². The minimum Gasteiger partial charge on any atom is -0.486 e. The number of rotatable bonds is 1. The molecule has 0 unspecified atom stereocenters. The maximum Gasteiger partial charge on any atom is 0.406 e. The standard InChI is InChI=1S/C12H13ClF3N3O2/c13-10-17-5-8-9(18-10)19(6-12(14,15)16)11(7-21-8)1-3-20-4-2-11/h5H,1-4,6-7H2. The first-order valence-corrected chi connectivity index (χ1v) is 6.85. The Hall–Kier alpha value is -1.28. The van der Waals surface area contributed by atoms with E-state index < -0.39 is 18.3 Å². The van der Waals surface area contributed by atoms with Gasteiger partial charge in [-0.15, -0.1) is 0 Å². The third-order valence-corrected chi connectivity index (χ3v) is 3.97. The Kier molecular flexibility index (Phi) is 3.61. The lowest BCUT2D eigenvalue weighted by Gasteiger charge is -2.49. The summed E-state index contributed by atoms with van der Waals surface area (Å²) in [6.45, 7) is -0.154. The number of alkyl halides is 3. The highest BCUT2D eigenvalue weighted by Crippen LogP contribution is 2.42. The number of hydrogen-bond donors (Lipinski definition) is 0. The van der Waals surface area contributed by atoms with Crippen LogP contribution in [-0.2, 0) is 4.74 Å². The molecular formula is C12H13ClF3N3O2. The van der Waals surface area contributed by atoms with E-state index in [1.807, 2.05) is 0 Å². The van der Waals surface area contributed by atoms with Crippen molar-refractivity contribution in [1.82, 2.24) is 9.97 Å². The third-order valence-electron chi connectivity index (χ3n) is 3.79. The van der Waals surface area contributed by atoms with Crippen molar-refractivity contribution >= 4 is 17.4 Å². The van der Waals surface area contributed by atoms with Gasteiger partial charge in [0, 0.05) is 13.2 Å². The van der Waals surface area contributed by atoms with Crippen LogP contribution in [0.1, 0.15) is 12.8 Å². The summed E-state index contributed by atoms with van der Waals surface area (Å²) in [7, 11) is 0. The number of anilines is 1. The van der Waals surface area contributed by atoms with E-state index in [2.05, 4.69) is 9.97 Å². The highest BCUT2D eigenvalue weighted by atomic mass is 35.5. The van der Waals surface area contributed by atoms with Crippen LogP contribution in [0, 0.1) is 0 Å². The molecule has 1 aromatic rings. The summed E-state index contributed by atoms with van der Waals surface area (Å²) in [6, 6.07) is 0. The Labute approximate surface area is 124 Å². The van der Waals surface area contributed by atoms with Crippen LogP contribution in [0.5, 0.6) is 5.75 Å². The third kappa shape index (κ3) is 2.87. The summed E-state index contributed by atoms with van der Waals surface area (Å²) in [6.07, 6.45) is -2.15. The van der Waals surface area contributed by atoms with E-state index in [0.29, 0.717) is 26.1 Å². The Morgan fingerprint density at radius 2 is 2.05 bits per heavy atom. The van der Waals surface area contributed by atoms with Gasteiger partial charge in [0.05, 0.1) is 11.7 Å². The lowest BCUT2D eigenvalue weighted by atomic mass is 9.87. The molecule has 0 N–H and O–H groups in total. The minimum atomic E-state index is -4.35. The van der Waals surface area contributed by atoms with Crippen molar-refractivity contribution < 1.29 is 22.6 Å². The molecule has 2 aliphatic heterocycles. The minimum absolute atomic E-state index is 0.0977. The molecule has 1 aromatic heterocycles. The van der Waals surface area contributed by atoms with Crippen molar-refractivity contribution in [3.05, 3.63) is 11.5 Å². The molecule has 0 amide bonds. The fraction of sp³-hybridized carbons (Fsp3) is 0.667. The first-order chi connectivity index (χ1) is 9.90. The Morgan fingerprint density at radius 3 is 2.71 bits per heavy atom. The van der Waals surface area contributed by atoms with Gasteiger partial charge >= 0.3 is 6.18 Å². The van der Waals surface area contributed by atoms with Crippen LogP contribution in [0.2, 0.25) is 5.28 Å². The van der Waals surface area contributed by atoms with Crippen molar-refractivity contribution in [3.8, 4) is 5.75 Å². The molecule has 5 nitrogen and oxygen atoms in total. The van der Waals surface area contributed by atoms with Gasteiger partial charge in [-0.25, -0.2) is 4.98 Å². The van der Waals surface area contributed by atoms with Gasteiger partial charge in [-0.05, 0) is 24.4 Å². The molecule has 9 heteroatoms. The molecule has 0 aromatic carbocycles. The van der Waals surface area contributed by atoms with E-state index in [1.54, 1.807) is 0 Å². The van der Waals surface area contributed by atoms with Gasteiger partial charge in [0.15, 0.2) is 11.6 Å². The second-order valence-electron chi connectivity index (χ2n) is 5.15. The van der Waals surface area contributed by atoms with Crippen molar-refractivity contribution in [2.24, 2.45) is 0 Å². The lowest BCUT2D eigenvalue weighted by Crippen LogP contribution is -2.61. The summed E-state index contributed by atoms with van der Waals surface area (Å²) in [5.74, 6) is 0.321. The van der Waals surface area contributed by atoms with Gasteiger partial charge in [-0.3, -0.25) is 0 Å². The zero-order chi connectivity index (χ0) is 15.1. The van der Waals surface area contributed by atoms with Gasteiger partial charge in [0.25, 0.3) is 0 Å². The highest BCUT2D eigenvalue weighted by Gasteiger charge is 2.48. The molecule has 3 heterocycles. The van der Waals surface area contributed by atoms with Gasteiger partial charge < -0.3 is 14.4 Å². The first-order valence-electron chi connectivity index (χ1n) is 6.47. The van der Waals surface area contributed by atoms with Crippen LogP contribution >= 0.6 is 11.6 Å². The summed E-state index contributed by atoms with van der Waals surface area (Å²) < 4.78 is 49.8. The molecule has 0 atom stereocenters. The van der Waals surface area contributed by atoms with Crippen molar-refractivity contribution in [1.29, 1.82) is 0 Å². The lowest BCUT2D eigenvalue weighted by molar-refractivity contribution is -0.126. The van der Waals surface area contributed by atoms with Gasteiger partial charge in [0.1, 0.15) is 13.2 Å². The largest absolute Gasteiger partial charge is 0.486 e. The molecule has 2 aliphatic rings. The van der Waals surface area contributed by atoms with E-state index in [1.165, 1.54) is 11.1 Å². The normalized spacial score (nSPS) is 21.0. The SMILES string of the molecule is FC(F)(F)CN1c2nc(Cl)ncc2OCC12CCOCC2. The maximum absolute atomic E-state index is 13.0. The average Bonchev–Trinajstić information content (AvgIpc) is 2.42. The fourth-order valence-electron chi connectivity index (χ4n) is 2.74. The molecule has 0 aliphatic carbocycles. The summed E-state index contributed by atoms with van der Waals surface area (Å²) in [5, 5.41) is -0.103. The van der Waals surface area contributed by atoms with E-state index in [-0.39, 0.29) is 23.5 Å².